The quantitative estimate of drug-likeness (QED) is 0.900. The zero-order valence-corrected chi connectivity index (χ0v) is 13.1. The fraction of sp³-hybridized carbons (Fsp3) is 0.611. The average Bonchev–Trinajstić information content (AvgIpc) is 2.46. The molecule has 3 rings (SSSR count). The maximum atomic E-state index is 11.9. The summed E-state index contributed by atoms with van der Waals surface area (Å²) >= 11 is 0. The molecule has 0 spiro atoms. The van der Waals surface area contributed by atoms with Crippen molar-refractivity contribution < 1.29 is 14.6 Å². The first kappa shape index (κ1) is 14.4. The third-order valence-electron chi connectivity index (χ3n) is 6.05. The highest BCUT2D eigenvalue weighted by Gasteiger charge is 2.55. The molecular weight excluding hydrogens is 264 g/mol. The molecule has 0 heterocycles. The highest BCUT2D eigenvalue weighted by atomic mass is 16.5. The average molecular weight is 288 g/mol. The van der Waals surface area contributed by atoms with Gasteiger partial charge in [0.05, 0.1) is 12.5 Å². The lowest BCUT2D eigenvalue weighted by molar-refractivity contribution is -0.157. The third kappa shape index (κ3) is 1.97. The molecule has 0 saturated heterocycles. The number of carbonyl (C=O) groups is 1. The topological polar surface area (TPSA) is 46.5 Å². The van der Waals surface area contributed by atoms with E-state index < -0.39 is 11.4 Å². The van der Waals surface area contributed by atoms with Gasteiger partial charge in [0, 0.05) is 0 Å². The van der Waals surface area contributed by atoms with E-state index >= 15 is 0 Å². The van der Waals surface area contributed by atoms with Crippen LogP contribution in [-0.4, -0.2) is 18.2 Å². The Kier molecular flexibility index (Phi) is 3.27. The van der Waals surface area contributed by atoms with Gasteiger partial charge in [0.1, 0.15) is 5.75 Å². The molecule has 3 heteroatoms. The van der Waals surface area contributed by atoms with Crippen LogP contribution in [0, 0.1) is 11.3 Å². The van der Waals surface area contributed by atoms with Gasteiger partial charge in [0.15, 0.2) is 0 Å². The Bertz CT molecular complexity index is 580. The molecule has 1 aromatic carbocycles. The molecule has 0 aliphatic heterocycles. The van der Waals surface area contributed by atoms with E-state index in [0.717, 1.165) is 37.9 Å². The van der Waals surface area contributed by atoms with Crippen LogP contribution >= 0.6 is 0 Å². The lowest BCUT2D eigenvalue weighted by Gasteiger charge is -2.53. The van der Waals surface area contributed by atoms with E-state index in [4.69, 9.17) is 4.74 Å². The maximum absolute atomic E-state index is 11.9. The minimum absolute atomic E-state index is 0.0481. The summed E-state index contributed by atoms with van der Waals surface area (Å²) < 4.78 is 5.39. The highest BCUT2D eigenvalue weighted by Crippen LogP contribution is 2.57. The van der Waals surface area contributed by atoms with Crippen LogP contribution in [0.1, 0.15) is 50.7 Å². The smallest absolute Gasteiger partial charge is 0.309 e. The summed E-state index contributed by atoms with van der Waals surface area (Å²) in [7, 11) is 1.69. The molecule has 1 fully saturated rings. The molecule has 0 unspecified atom stereocenters. The molecule has 3 nitrogen and oxygen atoms in total. The first-order valence-electron chi connectivity index (χ1n) is 7.82. The number of carboxylic acid groups (broad SMARTS) is 1. The molecule has 1 saturated carbocycles. The predicted octanol–water partition coefficient (Wildman–Crippen LogP) is 3.79. The van der Waals surface area contributed by atoms with Crippen molar-refractivity contribution in [1.82, 2.24) is 0 Å². The summed E-state index contributed by atoms with van der Waals surface area (Å²) in [6.07, 6.45) is 4.79. The van der Waals surface area contributed by atoms with E-state index in [1.54, 1.807) is 7.11 Å². The van der Waals surface area contributed by atoms with E-state index in [2.05, 4.69) is 19.1 Å². The van der Waals surface area contributed by atoms with Crippen molar-refractivity contribution >= 4 is 5.97 Å². The van der Waals surface area contributed by atoms with Crippen LogP contribution in [0.15, 0.2) is 18.2 Å². The van der Waals surface area contributed by atoms with Crippen LogP contribution in [0.2, 0.25) is 0 Å². The molecule has 1 N–H and O–H groups in total. The molecule has 0 aromatic heterocycles. The first-order valence-corrected chi connectivity index (χ1v) is 7.82. The van der Waals surface area contributed by atoms with Gasteiger partial charge in [0.25, 0.3) is 0 Å². The van der Waals surface area contributed by atoms with Gasteiger partial charge in [-0.2, -0.15) is 0 Å². The number of aryl methyl sites for hydroxylation is 1. The minimum Gasteiger partial charge on any atom is -0.497 e. The van der Waals surface area contributed by atoms with Crippen molar-refractivity contribution in [3.05, 3.63) is 29.3 Å². The first-order chi connectivity index (χ1) is 9.91. The standard InChI is InChI=1S/C18H24O3/c1-17-9-4-10-18(2,16(19)20)15(17)8-6-12-5-7-13(21-3)11-14(12)17/h5,7,11,15H,4,6,8-10H2,1-3H3,(H,19,20)/t15-,17-,18-/m1/s1. The Morgan fingerprint density at radius 1 is 1.33 bits per heavy atom. The summed E-state index contributed by atoms with van der Waals surface area (Å²) in [5.74, 6) is 0.443. The molecule has 0 amide bonds. The molecule has 114 valence electrons. The van der Waals surface area contributed by atoms with Crippen LogP contribution in [0.3, 0.4) is 0 Å². The zero-order chi connectivity index (χ0) is 15.3. The van der Waals surface area contributed by atoms with Gasteiger partial charge in [-0.3, -0.25) is 4.79 Å². The number of ether oxygens (including phenoxy) is 1. The van der Waals surface area contributed by atoms with Gasteiger partial charge in [-0.1, -0.05) is 19.4 Å². The fourth-order valence-electron chi connectivity index (χ4n) is 4.82. The molecular formula is C18H24O3. The number of methoxy groups -OCH3 is 1. The second-order valence-corrected chi connectivity index (χ2v) is 7.11. The van der Waals surface area contributed by atoms with Gasteiger partial charge in [-0.05, 0) is 67.2 Å². The van der Waals surface area contributed by atoms with Gasteiger partial charge in [-0.15, -0.1) is 0 Å². The molecule has 1 aromatic rings. The SMILES string of the molecule is COc1ccc2c(c1)[C@@]1(C)CCC[C@@](C)(C(=O)O)[C@@H]1CC2. The summed E-state index contributed by atoms with van der Waals surface area (Å²) in [4.78, 5) is 11.9. The largest absolute Gasteiger partial charge is 0.497 e. The molecule has 2 aliphatic rings. The molecule has 21 heavy (non-hydrogen) atoms. The van der Waals surface area contributed by atoms with Crippen molar-refractivity contribution in [2.45, 2.75) is 51.4 Å². The van der Waals surface area contributed by atoms with Crippen LogP contribution in [0.4, 0.5) is 0 Å². The Balaban J connectivity index is 2.12. The number of aliphatic carboxylic acids is 1. The number of benzene rings is 1. The van der Waals surface area contributed by atoms with E-state index in [9.17, 15) is 9.90 Å². The Morgan fingerprint density at radius 2 is 2.10 bits per heavy atom. The van der Waals surface area contributed by atoms with Gasteiger partial charge in [-0.25, -0.2) is 0 Å². The second-order valence-electron chi connectivity index (χ2n) is 7.11. The fourth-order valence-corrected chi connectivity index (χ4v) is 4.82. The molecule has 0 radical (unpaired) electrons. The van der Waals surface area contributed by atoms with Crippen molar-refractivity contribution in [2.75, 3.05) is 7.11 Å². The summed E-state index contributed by atoms with van der Waals surface area (Å²) in [5.41, 5.74) is 2.02. The minimum atomic E-state index is -0.634. The number of rotatable bonds is 2. The third-order valence-corrected chi connectivity index (χ3v) is 6.05. The number of carboxylic acids is 1. The zero-order valence-electron chi connectivity index (χ0n) is 13.1. The predicted molar refractivity (Wildman–Crippen MR) is 81.8 cm³/mol. The maximum Gasteiger partial charge on any atom is 0.309 e. The molecule has 0 bridgehead atoms. The van der Waals surface area contributed by atoms with Crippen molar-refractivity contribution in [2.24, 2.45) is 11.3 Å². The van der Waals surface area contributed by atoms with E-state index in [1.165, 1.54) is 11.1 Å². The van der Waals surface area contributed by atoms with Crippen LogP contribution in [0.5, 0.6) is 5.75 Å². The Morgan fingerprint density at radius 3 is 2.76 bits per heavy atom. The second kappa shape index (κ2) is 4.75. The number of hydrogen-bond acceptors (Lipinski definition) is 2. The van der Waals surface area contributed by atoms with E-state index in [1.807, 2.05) is 13.0 Å². The summed E-state index contributed by atoms with van der Waals surface area (Å²) in [6, 6.07) is 6.30. The lowest BCUT2D eigenvalue weighted by atomic mass is 9.50. The highest BCUT2D eigenvalue weighted by molar-refractivity contribution is 5.75. The number of fused-ring (bicyclic) bond motifs is 3. The van der Waals surface area contributed by atoms with Crippen LogP contribution < -0.4 is 4.74 Å². The van der Waals surface area contributed by atoms with Gasteiger partial charge in [0.2, 0.25) is 0 Å². The van der Waals surface area contributed by atoms with E-state index in [-0.39, 0.29) is 11.3 Å². The summed E-state index contributed by atoms with van der Waals surface area (Å²) in [5, 5.41) is 9.77. The Labute approximate surface area is 126 Å². The monoisotopic (exact) mass is 288 g/mol. The Hall–Kier alpha value is -1.51. The lowest BCUT2D eigenvalue weighted by Crippen LogP contribution is -2.52. The van der Waals surface area contributed by atoms with Crippen LogP contribution in [-0.2, 0) is 16.6 Å². The van der Waals surface area contributed by atoms with Crippen LogP contribution in [0.25, 0.3) is 0 Å². The normalized spacial score (nSPS) is 34.7. The molecule has 2 aliphatic carbocycles. The van der Waals surface area contributed by atoms with Crippen molar-refractivity contribution in [3.63, 3.8) is 0 Å². The number of hydrogen-bond donors (Lipinski definition) is 1. The summed E-state index contributed by atoms with van der Waals surface area (Å²) in [6.45, 7) is 4.21. The van der Waals surface area contributed by atoms with Gasteiger partial charge < -0.3 is 9.84 Å². The van der Waals surface area contributed by atoms with Gasteiger partial charge >= 0.3 is 5.97 Å². The van der Waals surface area contributed by atoms with E-state index in [0.29, 0.717) is 0 Å². The van der Waals surface area contributed by atoms with Crippen molar-refractivity contribution in [3.8, 4) is 5.75 Å². The van der Waals surface area contributed by atoms with Crippen molar-refractivity contribution in [1.29, 1.82) is 0 Å². The molecule has 3 atom stereocenters.